The van der Waals surface area contributed by atoms with Gasteiger partial charge in [0.1, 0.15) is 18.2 Å². The average Bonchev–Trinajstić information content (AvgIpc) is 2.15. The summed E-state index contributed by atoms with van der Waals surface area (Å²) in [6.07, 6.45) is 0. The van der Waals surface area contributed by atoms with Crippen molar-refractivity contribution in [2.45, 2.75) is 6.92 Å². The fourth-order valence-electron chi connectivity index (χ4n) is 0.949. The van der Waals surface area contributed by atoms with Crippen LogP contribution in [0.4, 0.5) is 4.39 Å². The summed E-state index contributed by atoms with van der Waals surface area (Å²) in [6, 6.07) is 6.04. The van der Waals surface area contributed by atoms with Crippen molar-refractivity contribution in [3.63, 3.8) is 0 Å². The highest BCUT2D eigenvalue weighted by Crippen LogP contribution is 2.10. The predicted octanol–water partition coefficient (Wildman–Crippen LogP) is 1.81. The summed E-state index contributed by atoms with van der Waals surface area (Å²) >= 11 is 0. The Morgan fingerprint density at radius 3 is 2.62 bits per heavy atom. The van der Waals surface area contributed by atoms with Crippen molar-refractivity contribution in [2.75, 3.05) is 19.7 Å². The second-order valence-electron chi connectivity index (χ2n) is 2.66. The van der Waals surface area contributed by atoms with E-state index in [9.17, 15) is 4.39 Å². The Hall–Kier alpha value is -1.09. The first-order valence-corrected chi connectivity index (χ1v) is 4.42. The van der Waals surface area contributed by atoms with Crippen LogP contribution in [0.15, 0.2) is 24.3 Å². The SMILES string of the molecule is CCNCCOc1ccc(F)cc1. The highest BCUT2D eigenvalue weighted by Gasteiger charge is 1.93. The van der Waals surface area contributed by atoms with Gasteiger partial charge in [-0.25, -0.2) is 4.39 Å². The maximum absolute atomic E-state index is 12.5. The van der Waals surface area contributed by atoms with Crippen LogP contribution in [0.5, 0.6) is 5.75 Å². The standard InChI is InChI=1S/C10H14FNO/c1-2-12-7-8-13-10-5-3-9(11)4-6-10/h3-6,12H,2,7-8H2,1H3. The van der Waals surface area contributed by atoms with Gasteiger partial charge in [-0.2, -0.15) is 0 Å². The van der Waals surface area contributed by atoms with Crippen molar-refractivity contribution in [3.05, 3.63) is 30.1 Å². The summed E-state index contributed by atoms with van der Waals surface area (Å²) in [5, 5.41) is 3.13. The number of hydrogen-bond donors (Lipinski definition) is 1. The van der Waals surface area contributed by atoms with E-state index in [1.165, 1.54) is 12.1 Å². The summed E-state index contributed by atoms with van der Waals surface area (Å²) in [4.78, 5) is 0. The van der Waals surface area contributed by atoms with Crippen molar-refractivity contribution in [3.8, 4) is 5.75 Å². The molecule has 1 N–H and O–H groups in total. The van der Waals surface area contributed by atoms with Gasteiger partial charge in [0.25, 0.3) is 0 Å². The molecule has 72 valence electrons. The lowest BCUT2D eigenvalue weighted by Gasteiger charge is -2.05. The van der Waals surface area contributed by atoms with E-state index in [0.29, 0.717) is 12.4 Å². The molecule has 0 unspecified atom stereocenters. The second-order valence-corrected chi connectivity index (χ2v) is 2.66. The number of ether oxygens (including phenoxy) is 1. The number of halogens is 1. The third-order valence-corrected chi connectivity index (χ3v) is 1.61. The molecule has 2 nitrogen and oxygen atoms in total. The van der Waals surface area contributed by atoms with E-state index in [2.05, 4.69) is 5.32 Å². The van der Waals surface area contributed by atoms with E-state index in [1.54, 1.807) is 12.1 Å². The smallest absolute Gasteiger partial charge is 0.123 e. The van der Waals surface area contributed by atoms with Gasteiger partial charge in [0, 0.05) is 6.54 Å². The third kappa shape index (κ3) is 3.90. The normalized spacial score (nSPS) is 10.0. The van der Waals surface area contributed by atoms with E-state index in [-0.39, 0.29) is 5.82 Å². The predicted molar refractivity (Wildman–Crippen MR) is 50.4 cm³/mol. The monoisotopic (exact) mass is 183 g/mol. The summed E-state index contributed by atoms with van der Waals surface area (Å²) in [6.45, 7) is 4.40. The first-order chi connectivity index (χ1) is 6.33. The molecule has 1 rings (SSSR count). The van der Waals surface area contributed by atoms with E-state index < -0.39 is 0 Å². The summed E-state index contributed by atoms with van der Waals surface area (Å²) in [5.41, 5.74) is 0. The Morgan fingerprint density at radius 2 is 2.00 bits per heavy atom. The molecule has 0 bridgehead atoms. The number of benzene rings is 1. The van der Waals surface area contributed by atoms with E-state index in [1.807, 2.05) is 6.92 Å². The van der Waals surface area contributed by atoms with Crippen molar-refractivity contribution >= 4 is 0 Å². The summed E-state index contributed by atoms with van der Waals surface area (Å²) in [5.74, 6) is 0.471. The lowest BCUT2D eigenvalue weighted by atomic mass is 10.3. The Morgan fingerprint density at radius 1 is 1.31 bits per heavy atom. The molecular weight excluding hydrogens is 169 g/mol. The lowest BCUT2D eigenvalue weighted by Crippen LogP contribution is -2.20. The second kappa shape index (κ2) is 5.54. The minimum absolute atomic E-state index is 0.237. The van der Waals surface area contributed by atoms with Crippen LogP contribution in [0.3, 0.4) is 0 Å². The molecule has 0 aliphatic heterocycles. The molecule has 0 aliphatic carbocycles. The minimum Gasteiger partial charge on any atom is -0.492 e. The molecule has 0 amide bonds. The minimum atomic E-state index is -0.237. The molecule has 0 aromatic heterocycles. The third-order valence-electron chi connectivity index (χ3n) is 1.61. The Labute approximate surface area is 77.7 Å². The van der Waals surface area contributed by atoms with Gasteiger partial charge in [-0.3, -0.25) is 0 Å². The van der Waals surface area contributed by atoms with Crippen LogP contribution in [0.2, 0.25) is 0 Å². The van der Waals surface area contributed by atoms with E-state index in [4.69, 9.17) is 4.74 Å². The van der Waals surface area contributed by atoms with Gasteiger partial charge >= 0.3 is 0 Å². The average molecular weight is 183 g/mol. The highest BCUT2D eigenvalue weighted by atomic mass is 19.1. The molecule has 1 aromatic carbocycles. The first kappa shape index (κ1) is 9.99. The zero-order valence-corrected chi connectivity index (χ0v) is 7.72. The van der Waals surface area contributed by atoms with Crippen molar-refractivity contribution in [1.29, 1.82) is 0 Å². The molecular formula is C10H14FNO. The number of rotatable bonds is 5. The molecule has 0 heterocycles. The van der Waals surface area contributed by atoms with Crippen LogP contribution in [0.1, 0.15) is 6.92 Å². The van der Waals surface area contributed by atoms with Crippen molar-refractivity contribution in [2.24, 2.45) is 0 Å². The zero-order chi connectivity index (χ0) is 9.52. The van der Waals surface area contributed by atoms with Gasteiger partial charge in [-0.15, -0.1) is 0 Å². The van der Waals surface area contributed by atoms with Gasteiger partial charge in [0.05, 0.1) is 0 Å². The van der Waals surface area contributed by atoms with Crippen LogP contribution in [0.25, 0.3) is 0 Å². The molecule has 13 heavy (non-hydrogen) atoms. The topological polar surface area (TPSA) is 21.3 Å². The van der Waals surface area contributed by atoms with Gasteiger partial charge < -0.3 is 10.1 Å². The van der Waals surface area contributed by atoms with Gasteiger partial charge in [-0.05, 0) is 30.8 Å². The fourth-order valence-corrected chi connectivity index (χ4v) is 0.949. The highest BCUT2D eigenvalue weighted by molar-refractivity contribution is 5.21. The molecule has 1 aromatic rings. The molecule has 3 heteroatoms. The maximum atomic E-state index is 12.5. The molecule has 0 aliphatic rings. The molecule has 0 atom stereocenters. The first-order valence-electron chi connectivity index (χ1n) is 4.42. The van der Waals surface area contributed by atoms with Crippen LogP contribution < -0.4 is 10.1 Å². The maximum Gasteiger partial charge on any atom is 0.123 e. The Balaban J connectivity index is 2.25. The Bertz CT molecular complexity index is 235. The molecule has 0 saturated heterocycles. The van der Waals surface area contributed by atoms with Gasteiger partial charge in [0.15, 0.2) is 0 Å². The zero-order valence-electron chi connectivity index (χ0n) is 7.72. The van der Waals surface area contributed by atoms with Gasteiger partial charge in [-0.1, -0.05) is 6.92 Å². The number of likely N-dealkylation sites (N-methyl/N-ethyl adjacent to an activating group) is 1. The van der Waals surface area contributed by atoms with Crippen LogP contribution in [0, 0.1) is 5.82 Å². The molecule has 0 radical (unpaired) electrons. The fraction of sp³-hybridized carbons (Fsp3) is 0.400. The molecule has 0 saturated carbocycles. The quantitative estimate of drug-likeness (QED) is 0.703. The largest absolute Gasteiger partial charge is 0.492 e. The van der Waals surface area contributed by atoms with Crippen LogP contribution in [-0.4, -0.2) is 19.7 Å². The van der Waals surface area contributed by atoms with Crippen LogP contribution >= 0.6 is 0 Å². The lowest BCUT2D eigenvalue weighted by molar-refractivity contribution is 0.315. The Kier molecular flexibility index (Phi) is 4.26. The summed E-state index contributed by atoms with van der Waals surface area (Å²) in [7, 11) is 0. The van der Waals surface area contributed by atoms with Crippen molar-refractivity contribution < 1.29 is 9.13 Å². The number of hydrogen-bond acceptors (Lipinski definition) is 2. The number of nitrogens with one attached hydrogen (secondary N) is 1. The van der Waals surface area contributed by atoms with E-state index in [0.717, 1.165) is 13.1 Å². The summed E-state index contributed by atoms with van der Waals surface area (Å²) < 4.78 is 17.8. The molecule has 0 fully saturated rings. The molecule has 0 spiro atoms. The van der Waals surface area contributed by atoms with Crippen LogP contribution in [-0.2, 0) is 0 Å². The van der Waals surface area contributed by atoms with E-state index >= 15 is 0 Å². The van der Waals surface area contributed by atoms with Crippen molar-refractivity contribution in [1.82, 2.24) is 5.32 Å². The van der Waals surface area contributed by atoms with Gasteiger partial charge in [0.2, 0.25) is 0 Å².